The highest BCUT2D eigenvalue weighted by Gasteiger charge is 2.12. The largest absolute Gasteiger partial charge is 0.454 e. The zero-order valence-electron chi connectivity index (χ0n) is 10.4. The topological polar surface area (TPSA) is 73.6 Å². The van der Waals surface area contributed by atoms with Gasteiger partial charge in [-0.1, -0.05) is 17.4 Å². The summed E-state index contributed by atoms with van der Waals surface area (Å²) >= 11 is 2.55. The van der Waals surface area contributed by atoms with Crippen LogP contribution in [0, 0.1) is 6.92 Å². The first kappa shape index (κ1) is 12.9. The van der Waals surface area contributed by atoms with Gasteiger partial charge in [0.1, 0.15) is 11.5 Å². The first-order chi connectivity index (χ1) is 9.63. The van der Waals surface area contributed by atoms with Gasteiger partial charge in [-0.05, 0) is 18.4 Å². The van der Waals surface area contributed by atoms with Crippen LogP contribution in [0.4, 0.5) is 0 Å². The Morgan fingerprint density at radius 3 is 3.10 bits per heavy atom. The zero-order chi connectivity index (χ0) is 14.1. The lowest BCUT2D eigenvalue weighted by atomic mass is 10.5. The second kappa shape index (κ2) is 5.14. The van der Waals surface area contributed by atoms with Crippen LogP contribution >= 0.6 is 22.7 Å². The summed E-state index contributed by atoms with van der Waals surface area (Å²) in [7, 11) is 0. The van der Waals surface area contributed by atoms with Crippen LogP contribution in [0.5, 0.6) is 0 Å². The van der Waals surface area contributed by atoms with Crippen molar-refractivity contribution in [3.05, 3.63) is 49.5 Å². The van der Waals surface area contributed by atoms with E-state index in [9.17, 15) is 9.59 Å². The first-order valence-corrected chi connectivity index (χ1v) is 7.40. The van der Waals surface area contributed by atoms with E-state index in [0.29, 0.717) is 20.5 Å². The maximum Gasteiger partial charge on any atom is 0.348 e. The van der Waals surface area contributed by atoms with Crippen molar-refractivity contribution in [3.8, 4) is 0 Å². The fourth-order valence-corrected chi connectivity index (χ4v) is 3.09. The van der Waals surface area contributed by atoms with Gasteiger partial charge in [0, 0.05) is 11.8 Å². The normalized spacial score (nSPS) is 10.8. The molecule has 102 valence electrons. The van der Waals surface area contributed by atoms with Gasteiger partial charge in [-0.3, -0.25) is 4.79 Å². The molecule has 0 saturated heterocycles. The molecule has 20 heavy (non-hydrogen) atoms. The molecule has 6 nitrogen and oxygen atoms in total. The Labute approximate surface area is 121 Å². The zero-order valence-corrected chi connectivity index (χ0v) is 12.0. The third kappa shape index (κ3) is 2.47. The molecule has 3 aromatic rings. The predicted molar refractivity (Wildman–Crippen MR) is 75.3 cm³/mol. The molecule has 3 aromatic heterocycles. The van der Waals surface area contributed by atoms with Gasteiger partial charge in [0.25, 0.3) is 5.56 Å². The van der Waals surface area contributed by atoms with Crippen LogP contribution in [-0.2, 0) is 11.3 Å². The van der Waals surface area contributed by atoms with Crippen LogP contribution < -0.4 is 5.56 Å². The molecule has 0 bridgehead atoms. The number of rotatable bonds is 3. The molecular weight excluding hydrogens is 298 g/mol. The van der Waals surface area contributed by atoms with Crippen LogP contribution in [0.25, 0.3) is 4.96 Å². The molecule has 0 saturated carbocycles. The molecule has 3 rings (SSSR count). The molecule has 0 N–H and O–H groups in total. The number of fused-ring (bicyclic) bond motifs is 1. The molecule has 0 atom stereocenters. The maximum absolute atomic E-state index is 11.7. The Morgan fingerprint density at radius 2 is 2.35 bits per heavy atom. The molecule has 0 spiro atoms. The minimum absolute atomic E-state index is 0.0310. The summed E-state index contributed by atoms with van der Waals surface area (Å²) < 4.78 is 6.36. The van der Waals surface area contributed by atoms with Crippen molar-refractivity contribution in [1.82, 2.24) is 14.6 Å². The lowest BCUT2D eigenvalue weighted by molar-refractivity contribution is 0.0477. The number of ether oxygens (including phenoxy) is 1. The summed E-state index contributed by atoms with van der Waals surface area (Å²) in [5, 5.41) is 6.43. The van der Waals surface area contributed by atoms with Crippen LogP contribution in [-0.4, -0.2) is 20.6 Å². The third-order valence-corrected chi connectivity index (χ3v) is 4.20. The number of hydrogen-bond donors (Lipinski definition) is 0. The summed E-state index contributed by atoms with van der Waals surface area (Å²) in [6.07, 6.45) is 0. The van der Waals surface area contributed by atoms with Gasteiger partial charge in [0.05, 0.1) is 0 Å². The average Bonchev–Trinajstić information content (AvgIpc) is 3.04. The fraction of sp³-hybridized carbons (Fsp3) is 0.167. The lowest BCUT2D eigenvalue weighted by Crippen LogP contribution is -2.14. The van der Waals surface area contributed by atoms with Crippen LogP contribution in [0.2, 0.25) is 0 Å². The average molecular weight is 307 g/mol. The van der Waals surface area contributed by atoms with Crippen molar-refractivity contribution in [1.29, 1.82) is 0 Å². The standard InChI is InChI=1S/C12H9N3O3S2/c1-7-5-10(16)15-12(13-7)20-9(14-15)6-18-11(17)8-3-2-4-19-8/h2-5H,6H2,1H3. The van der Waals surface area contributed by atoms with E-state index < -0.39 is 5.97 Å². The van der Waals surface area contributed by atoms with E-state index in [1.54, 1.807) is 24.4 Å². The minimum Gasteiger partial charge on any atom is -0.454 e. The smallest absolute Gasteiger partial charge is 0.348 e. The van der Waals surface area contributed by atoms with Crippen molar-refractivity contribution in [2.75, 3.05) is 0 Å². The second-order valence-electron chi connectivity index (χ2n) is 3.98. The van der Waals surface area contributed by atoms with Crippen LogP contribution in [0.15, 0.2) is 28.4 Å². The molecule has 0 aliphatic carbocycles. The number of hydrogen-bond acceptors (Lipinski definition) is 7. The predicted octanol–water partition coefficient (Wildman–Crippen LogP) is 1.88. The van der Waals surface area contributed by atoms with E-state index in [2.05, 4.69) is 10.1 Å². The van der Waals surface area contributed by atoms with E-state index in [4.69, 9.17) is 4.74 Å². The number of esters is 1. The quantitative estimate of drug-likeness (QED) is 0.691. The summed E-state index contributed by atoms with van der Waals surface area (Å²) in [4.78, 5) is 28.6. The Hall–Kier alpha value is -2.06. The van der Waals surface area contributed by atoms with E-state index in [1.807, 2.05) is 0 Å². The number of thiophene rings is 1. The van der Waals surface area contributed by atoms with Crippen molar-refractivity contribution < 1.29 is 9.53 Å². The molecule has 3 heterocycles. The Bertz CT molecular complexity index is 820. The summed E-state index contributed by atoms with van der Waals surface area (Å²) in [6, 6.07) is 4.89. The number of carbonyl (C=O) groups is 1. The van der Waals surface area contributed by atoms with E-state index in [1.165, 1.54) is 33.3 Å². The van der Waals surface area contributed by atoms with Crippen LogP contribution in [0.1, 0.15) is 20.4 Å². The highest BCUT2D eigenvalue weighted by atomic mass is 32.1. The van der Waals surface area contributed by atoms with Gasteiger partial charge in [0.15, 0.2) is 5.01 Å². The molecule has 0 aromatic carbocycles. The van der Waals surface area contributed by atoms with Crippen molar-refractivity contribution in [3.63, 3.8) is 0 Å². The van der Waals surface area contributed by atoms with E-state index >= 15 is 0 Å². The van der Waals surface area contributed by atoms with Crippen molar-refractivity contribution in [2.45, 2.75) is 13.5 Å². The molecule has 0 aliphatic rings. The summed E-state index contributed by atoms with van der Waals surface area (Å²) in [5.74, 6) is -0.393. The molecule has 0 aliphatic heterocycles. The van der Waals surface area contributed by atoms with Gasteiger partial charge in [-0.2, -0.15) is 9.61 Å². The van der Waals surface area contributed by atoms with E-state index in [0.717, 1.165) is 0 Å². The molecule has 0 unspecified atom stereocenters. The van der Waals surface area contributed by atoms with E-state index in [-0.39, 0.29) is 12.2 Å². The Balaban J connectivity index is 1.80. The van der Waals surface area contributed by atoms with Gasteiger partial charge < -0.3 is 4.74 Å². The fourth-order valence-electron chi connectivity index (χ4n) is 1.61. The number of aryl methyl sites for hydroxylation is 1. The highest BCUT2D eigenvalue weighted by molar-refractivity contribution is 7.16. The molecule has 0 fully saturated rings. The van der Waals surface area contributed by atoms with Crippen molar-refractivity contribution >= 4 is 33.6 Å². The Morgan fingerprint density at radius 1 is 1.50 bits per heavy atom. The maximum atomic E-state index is 11.7. The summed E-state index contributed by atoms with van der Waals surface area (Å²) in [6.45, 7) is 1.78. The lowest BCUT2D eigenvalue weighted by Gasteiger charge is -1.98. The first-order valence-electron chi connectivity index (χ1n) is 5.70. The molecular formula is C12H9N3O3S2. The van der Waals surface area contributed by atoms with Gasteiger partial charge in [-0.25, -0.2) is 9.78 Å². The van der Waals surface area contributed by atoms with Gasteiger partial charge in [0.2, 0.25) is 4.96 Å². The number of nitrogens with zero attached hydrogens (tertiary/aromatic N) is 3. The number of carbonyl (C=O) groups excluding carboxylic acids is 1. The number of aromatic nitrogens is 3. The summed E-state index contributed by atoms with van der Waals surface area (Å²) in [5.41, 5.74) is 0.403. The monoisotopic (exact) mass is 307 g/mol. The highest BCUT2D eigenvalue weighted by Crippen LogP contribution is 2.15. The molecule has 0 radical (unpaired) electrons. The van der Waals surface area contributed by atoms with Gasteiger partial charge >= 0.3 is 5.97 Å². The molecule has 0 amide bonds. The molecule has 8 heteroatoms. The van der Waals surface area contributed by atoms with Crippen LogP contribution in [0.3, 0.4) is 0 Å². The second-order valence-corrected chi connectivity index (χ2v) is 5.97. The minimum atomic E-state index is -0.393. The Kier molecular flexibility index (Phi) is 3.33. The SMILES string of the molecule is Cc1cc(=O)n2nc(COC(=O)c3cccs3)sc2n1. The van der Waals surface area contributed by atoms with Gasteiger partial charge in [-0.15, -0.1) is 11.3 Å². The third-order valence-electron chi connectivity index (χ3n) is 2.46. The van der Waals surface area contributed by atoms with Crippen molar-refractivity contribution in [2.24, 2.45) is 0 Å².